The summed E-state index contributed by atoms with van der Waals surface area (Å²) < 4.78 is 37.8. The quantitative estimate of drug-likeness (QED) is 0.942. The first-order chi connectivity index (χ1) is 8.78. The van der Waals surface area contributed by atoms with Crippen molar-refractivity contribution in [2.24, 2.45) is 7.05 Å². The molecular weight excluding hydrogens is 283 g/mol. The molecule has 0 bridgehead atoms. The second-order valence-electron chi connectivity index (χ2n) is 3.77. The molecule has 0 aromatic carbocycles. The molecule has 0 aliphatic heterocycles. The van der Waals surface area contributed by atoms with Crippen molar-refractivity contribution in [3.05, 3.63) is 23.0 Å². The first-order valence-corrected chi connectivity index (χ1v) is 5.92. The van der Waals surface area contributed by atoms with E-state index in [-0.39, 0.29) is 22.0 Å². The monoisotopic (exact) mass is 291 g/mol. The van der Waals surface area contributed by atoms with E-state index in [1.807, 2.05) is 0 Å². The molecule has 1 N–H and O–H groups in total. The Kier molecular flexibility index (Phi) is 3.31. The maximum atomic E-state index is 12.2. The lowest BCUT2D eigenvalue weighted by molar-refractivity contribution is -0.127. The smallest absolute Gasteiger partial charge is 0.394 e. The zero-order valence-corrected chi connectivity index (χ0v) is 10.4. The minimum atomic E-state index is -4.34. The summed E-state index contributed by atoms with van der Waals surface area (Å²) in [4.78, 5) is 14.9. The van der Waals surface area contributed by atoms with Gasteiger partial charge in [0.2, 0.25) is 0 Å². The number of aromatic carboxylic acids is 1. The number of nitrogens with zero attached hydrogens (tertiary/aromatic N) is 3. The highest BCUT2D eigenvalue weighted by molar-refractivity contribution is 7.13. The van der Waals surface area contributed by atoms with Crippen LogP contribution in [-0.4, -0.2) is 32.0 Å². The van der Waals surface area contributed by atoms with Gasteiger partial charge in [-0.2, -0.15) is 18.3 Å². The Balaban J connectivity index is 2.36. The van der Waals surface area contributed by atoms with Gasteiger partial charge in [-0.25, -0.2) is 9.78 Å². The van der Waals surface area contributed by atoms with Crippen LogP contribution in [0, 0.1) is 0 Å². The van der Waals surface area contributed by atoms with E-state index in [0.717, 1.165) is 16.0 Å². The van der Waals surface area contributed by atoms with Crippen molar-refractivity contribution in [1.82, 2.24) is 14.8 Å². The molecule has 2 rings (SSSR count). The van der Waals surface area contributed by atoms with Gasteiger partial charge in [0, 0.05) is 12.4 Å². The summed E-state index contributed by atoms with van der Waals surface area (Å²) in [5.41, 5.74) is -0.0194. The maximum absolute atomic E-state index is 12.2. The molecule has 0 unspecified atom stereocenters. The second-order valence-corrected chi connectivity index (χ2v) is 4.63. The van der Waals surface area contributed by atoms with Gasteiger partial charge in [0.1, 0.15) is 5.01 Å². The fraction of sp³-hybridized carbons (Fsp3) is 0.300. The lowest BCUT2D eigenvalue weighted by Gasteiger charge is -2.02. The maximum Gasteiger partial charge on any atom is 0.394 e. The highest BCUT2D eigenvalue weighted by atomic mass is 32.1. The number of carboxylic acids is 1. The van der Waals surface area contributed by atoms with Crippen LogP contribution in [-0.2, 0) is 13.5 Å². The number of hydrogen-bond acceptors (Lipinski definition) is 4. The molecule has 2 heterocycles. The highest BCUT2D eigenvalue weighted by Gasteiger charge is 2.29. The van der Waals surface area contributed by atoms with Crippen LogP contribution in [0.5, 0.6) is 0 Å². The molecule has 0 spiro atoms. The standard InChI is InChI=1S/C10H8F3N3O2S/c1-16-7(9(17)18)6(3-14-16)8-15-5(4-19-8)2-10(11,12)13/h3-4H,2H2,1H3,(H,17,18). The molecule has 0 fully saturated rings. The minimum Gasteiger partial charge on any atom is -0.477 e. The molecule has 9 heteroatoms. The lowest BCUT2D eigenvalue weighted by Crippen LogP contribution is -2.11. The summed E-state index contributed by atoms with van der Waals surface area (Å²) in [7, 11) is 1.44. The van der Waals surface area contributed by atoms with Gasteiger partial charge in [-0.15, -0.1) is 11.3 Å². The van der Waals surface area contributed by atoms with Gasteiger partial charge in [-0.3, -0.25) is 4.68 Å². The number of aromatic nitrogens is 3. The lowest BCUT2D eigenvalue weighted by atomic mass is 10.2. The normalized spacial score (nSPS) is 11.8. The fourth-order valence-corrected chi connectivity index (χ4v) is 2.39. The van der Waals surface area contributed by atoms with Crippen molar-refractivity contribution in [1.29, 1.82) is 0 Å². The molecule has 2 aromatic heterocycles. The Hall–Kier alpha value is -1.90. The van der Waals surface area contributed by atoms with Gasteiger partial charge < -0.3 is 5.11 Å². The number of aryl methyl sites for hydroxylation is 1. The van der Waals surface area contributed by atoms with Crippen molar-refractivity contribution in [3.8, 4) is 10.6 Å². The largest absolute Gasteiger partial charge is 0.477 e. The third kappa shape index (κ3) is 2.92. The van der Waals surface area contributed by atoms with Crippen LogP contribution < -0.4 is 0 Å². The van der Waals surface area contributed by atoms with Crippen LogP contribution in [0.2, 0.25) is 0 Å². The van der Waals surface area contributed by atoms with Crippen LogP contribution in [0.4, 0.5) is 13.2 Å². The van der Waals surface area contributed by atoms with Gasteiger partial charge in [0.15, 0.2) is 5.69 Å². The van der Waals surface area contributed by atoms with E-state index in [4.69, 9.17) is 5.11 Å². The van der Waals surface area contributed by atoms with Crippen LogP contribution in [0.1, 0.15) is 16.2 Å². The summed E-state index contributed by atoms with van der Waals surface area (Å²) in [5.74, 6) is -1.21. The Labute approximate surface area is 109 Å². The number of halogens is 3. The van der Waals surface area contributed by atoms with E-state index in [0.29, 0.717) is 0 Å². The van der Waals surface area contributed by atoms with Crippen LogP contribution in [0.3, 0.4) is 0 Å². The van der Waals surface area contributed by atoms with Crippen LogP contribution in [0.15, 0.2) is 11.6 Å². The van der Waals surface area contributed by atoms with E-state index in [1.54, 1.807) is 0 Å². The number of rotatable bonds is 3. The summed E-state index contributed by atoms with van der Waals surface area (Å²) >= 11 is 0.960. The van der Waals surface area contributed by atoms with Crippen molar-refractivity contribution < 1.29 is 23.1 Å². The molecule has 102 valence electrons. The number of alkyl halides is 3. The Morgan fingerprint density at radius 2 is 2.21 bits per heavy atom. The summed E-state index contributed by atoms with van der Waals surface area (Å²) in [5, 5.41) is 14.3. The summed E-state index contributed by atoms with van der Waals surface area (Å²) in [6.07, 6.45) is -4.19. The SMILES string of the molecule is Cn1ncc(-c2nc(CC(F)(F)F)cs2)c1C(=O)O. The third-order valence-electron chi connectivity index (χ3n) is 2.31. The molecule has 0 aliphatic rings. The summed E-state index contributed by atoms with van der Waals surface area (Å²) in [6, 6.07) is 0. The van der Waals surface area contributed by atoms with Crippen molar-refractivity contribution in [2.45, 2.75) is 12.6 Å². The average Bonchev–Trinajstić information content (AvgIpc) is 2.81. The number of carbonyl (C=O) groups is 1. The van der Waals surface area contributed by atoms with E-state index >= 15 is 0 Å². The molecule has 0 saturated carbocycles. The van der Waals surface area contributed by atoms with Crippen molar-refractivity contribution in [3.63, 3.8) is 0 Å². The number of thiazole rings is 1. The number of hydrogen-bond donors (Lipinski definition) is 1. The predicted molar refractivity (Wildman–Crippen MR) is 61.0 cm³/mol. The van der Waals surface area contributed by atoms with Gasteiger partial charge in [0.05, 0.1) is 23.9 Å². The topological polar surface area (TPSA) is 68.0 Å². The Bertz CT molecular complexity index is 618. The van der Waals surface area contributed by atoms with Crippen LogP contribution >= 0.6 is 11.3 Å². The van der Waals surface area contributed by atoms with Crippen molar-refractivity contribution >= 4 is 17.3 Å². The van der Waals surface area contributed by atoms with E-state index in [9.17, 15) is 18.0 Å². The molecule has 0 radical (unpaired) electrons. The van der Waals surface area contributed by atoms with Crippen LogP contribution in [0.25, 0.3) is 10.6 Å². The Morgan fingerprint density at radius 1 is 1.53 bits per heavy atom. The summed E-state index contributed by atoms with van der Waals surface area (Å²) in [6.45, 7) is 0. The third-order valence-corrected chi connectivity index (χ3v) is 3.23. The Morgan fingerprint density at radius 3 is 2.79 bits per heavy atom. The zero-order valence-electron chi connectivity index (χ0n) is 9.60. The molecule has 0 amide bonds. The molecule has 0 atom stereocenters. The van der Waals surface area contributed by atoms with E-state index < -0.39 is 18.6 Å². The molecule has 19 heavy (non-hydrogen) atoms. The molecule has 5 nitrogen and oxygen atoms in total. The predicted octanol–water partition coefficient (Wildman–Crippen LogP) is 2.35. The van der Waals surface area contributed by atoms with Gasteiger partial charge in [0.25, 0.3) is 0 Å². The second kappa shape index (κ2) is 4.65. The van der Waals surface area contributed by atoms with Gasteiger partial charge in [-0.1, -0.05) is 0 Å². The molecule has 0 saturated heterocycles. The number of carboxylic acid groups (broad SMARTS) is 1. The fourth-order valence-electron chi connectivity index (χ4n) is 1.56. The highest BCUT2D eigenvalue weighted by Crippen LogP contribution is 2.29. The van der Waals surface area contributed by atoms with Crippen molar-refractivity contribution in [2.75, 3.05) is 0 Å². The van der Waals surface area contributed by atoms with E-state index in [2.05, 4.69) is 10.1 Å². The van der Waals surface area contributed by atoms with Gasteiger partial charge >= 0.3 is 12.1 Å². The molecule has 2 aromatic rings. The van der Waals surface area contributed by atoms with E-state index in [1.165, 1.54) is 18.6 Å². The van der Waals surface area contributed by atoms with Gasteiger partial charge in [-0.05, 0) is 0 Å². The first kappa shape index (κ1) is 13.5. The average molecular weight is 291 g/mol. The molecule has 0 aliphatic carbocycles. The minimum absolute atomic E-state index is 0.104. The zero-order chi connectivity index (χ0) is 14.2. The first-order valence-electron chi connectivity index (χ1n) is 5.05. The molecular formula is C10H8F3N3O2S.